The SMILES string of the molecule is COc1ccc(C2(C(=O)Nc3ccc(OCc4ccccc4)cc3)CCCCC2)cc1. The van der Waals surface area contributed by atoms with Crippen LogP contribution in [0.15, 0.2) is 78.9 Å². The van der Waals surface area contributed by atoms with Crippen LogP contribution in [-0.4, -0.2) is 13.0 Å². The van der Waals surface area contributed by atoms with E-state index in [4.69, 9.17) is 9.47 Å². The number of rotatable bonds is 7. The van der Waals surface area contributed by atoms with Crippen LogP contribution in [-0.2, 0) is 16.8 Å². The van der Waals surface area contributed by atoms with Gasteiger partial charge in [-0.1, -0.05) is 61.7 Å². The van der Waals surface area contributed by atoms with Gasteiger partial charge in [-0.2, -0.15) is 0 Å². The quantitative estimate of drug-likeness (QED) is 0.506. The van der Waals surface area contributed by atoms with E-state index < -0.39 is 5.41 Å². The van der Waals surface area contributed by atoms with Crippen molar-refractivity contribution < 1.29 is 14.3 Å². The van der Waals surface area contributed by atoms with Crippen LogP contribution < -0.4 is 14.8 Å². The van der Waals surface area contributed by atoms with Gasteiger partial charge < -0.3 is 14.8 Å². The lowest BCUT2D eigenvalue weighted by Gasteiger charge is -2.36. The standard InChI is InChI=1S/C27H29NO3/c1-30-24-14-10-22(11-15-24)27(18-6-3-7-19-27)26(29)28-23-12-16-25(17-13-23)31-20-21-8-4-2-5-9-21/h2,4-5,8-17H,3,6-7,18-20H2,1H3,(H,28,29). The maximum atomic E-state index is 13.5. The molecule has 4 heteroatoms. The molecule has 0 bridgehead atoms. The number of hydrogen-bond acceptors (Lipinski definition) is 3. The van der Waals surface area contributed by atoms with Crippen molar-refractivity contribution in [3.8, 4) is 11.5 Å². The second-order valence-electron chi connectivity index (χ2n) is 8.12. The van der Waals surface area contributed by atoms with Gasteiger partial charge in [-0.3, -0.25) is 4.79 Å². The van der Waals surface area contributed by atoms with E-state index in [1.807, 2.05) is 78.9 Å². The zero-order valence-electron chi connectivity index (χ0n) is 18.0. The summed E-state index contributed by atoms with van der Waals surface area (Å²) in [5.41, 5.74) is 2.48. The Hall–Kier alpha value is -3.27. The second-order valence-corrected chi connectivity index (χ2v) is 8.12. The molecule has 4 rings (SSSR count). The molecule has 1 amide bonds. The van der Waals surface area contributed by atoms with Crippen molar-refractivity contribution in [2.24, 2.45) is 0 Å². The maximum Gasteiger partial charge on any atom is 0.235 e. The fourth-order valence-corrected chi connectivity index (χ4v) is 4.34. The molecule has 0 atom stereocenters. The number of nitrogens with one attached hydrogen (secondary N) is 1. The molecule has 1 aliphatic rings. The first-order valence-electron chi connectivity index (χ1n) is 10.9. The van der Waals surface area contributed by atoms with Crippen molar-refractivity contribution >= 4 is 11.6 Å². The average Bonchev–Trinajstić information content (AvgIpc) is 2.84. The summed E-state index contributed by atoms with van der Waals surface area (Å²) in [7, 11) is 1.66. The molecule has 160 valence electrons. The highest BCUT2D eigenvalue weighted by Gasteiger charge is 2.41. The second kappa shape index (κ2) is 9.69. The van der Waals surface area contributed by atoms with E-state index in [0.717, 1.165) is 54.0 Å². The van der Waals surface area contributed by atoms with E-state index in [0.29, 0.717) is 6.61 Å². The number of methoxy groups -OCH3 is 1. The Morgan fingerprint density at radius 1 is 0.839 bits per heavy atom. The summed E-state index contributed by atoms with van der Waals surface area (Å²) in [5.74, 6) is 1.65. The highest BCUT2D eigenvalue weighted by atomic mass is 16.5. The van der Waals surface area contributed by atoms with E-state index in [-0.39, 0.29) is 5.91 Å². The van der Waals surface area contributed by atoms with Crippen molar-refractivity contribution in [1.82, 2.24) is 0 Å². The molecule has 1 aliphatic carbocycles. The minimum atomic E-state index is -0.493. The van der Waals surface area contributed by atoms with E-state index in [2.05, 4.69) is 5.32 Å². The zero-order valence-corrected chi connectivity index (χ0v) is 18.0. The van der Waals surface area contributed by atoms with Gasteiger partial charge in [0, 0.05) is 5.69 Å². The van der Waals surface area contributed by atoms with Crippen LogP contribution in [0.1, 0.15) is 43.2 Å². The number of hydrogen-bond donors (Lipinski definition) is 1. The van der Waals surface area contributed by atoms with Crippen molar-refractivity contribution in [2.75, 3.05) is 12.4 Å². The van der Waals surface area contributed by atoms with Gasteiger partial charge in [0.15, 0.2) is 0 Å². The number of anilines is 1. The van der Waals surface area contributed by atoms with Gasteiger partial charge in [0.2, 0.25) is 5.91 Å². The molecule has 1 fully saturated rings. The molecule has 0 unspecified atom stereocenters. The molecule has 1 N–H and O–H groups in total. The van der Waals surface area contributed by atoms with E-state index >= 15 is 0 Å². The molecule has 3 aromatic rings. The molecule has 1 saturated carbocycles. The molecule has 0 radical (unpaired) electrons. The van der Waals surface area contributed by atoms with Gasteiger partial charge in [0.05, 0.1) is 12.5 Å². The van der Waals surface area contributed by atoms with E-state index in [9.17, 15) is 4.79 Å². The fraction of sp³-hybridized carbons (Fsp3) is 0.296. The lowest BCUT2D eigenvalue weighted by atomic mass is 9.68. The topological polar surface area (TPSA) is 47.6 Å². The van der Waals surface area contributed by atoms with Crippen LogP contribution in [0.25, 0.3) is 0 Å². The van der Waals surface area contributed by atoms with Crippen molar-refractivity contribution in [2.45, 2.75) is 44.1 Å². The molecular weight excluding hydrogens is 386 g/mol. The first kappa shape index (κ1) is 21.0. The number of carbonyl (C=O) groups excluding carboxylic acids is 1. The predicted molar refractivity (Wildman–Crippen MR) is 124 cm³/mol. The Bertz CT molecular complexity index is 975. The Morgan fingerprint density at radius 3 is 2.13 bits per heavy atom. The number of carbonyl (C=O) groups is 1. The van der Waals surface area contributed by atoms with E-state index in [1.165, 1.54) is 6.42 Å². The third-order valence-electron chi connectivity index (χ3n) is 6.14. The molecule has 3 aromatic carbocycles. The maximum absolute atomic E-state index is 13.5. The predicted octanol–water partition coefficient (Wildman–Crippen LogP) is 6.11. The summed E-state index contributed by atoms with van der Waals surface area (Å²) in [4.78, 5) is 13.5. The van der Waals surface area contributed by atoms with Gasteiger partial charge in [0.1, 0.15) is 18.1 Å². The Morgan fingerprint density at radius 2 is 1.48 bits per heavy atom. The lowest BCUT2D eigenvalue weighted by molar-refractivity contribution is -0.122. The average molecular weight is 416 g/mol. The van der Waals surface area contributed by atoms with Gasteiger partial charge in [0.25, 0.3) is 0 Å². The molecule has 0 spiro atoms. The number of amides is 1. The molecule has 0 heterocycles. The molecule has 0 aromatic heterocycles. The van der Waals surface area contributed by atoms with Crippen LogP contribution in [0.5, 0.6) is 11.5 Å². The van der Waals surface area contributed by atoms with Gasteiger partial charge >= 0.3 is 0 Å². The summed E-state index contributed by atoms with van der Waals surface area (Å²) < 4.78 is 11.1. The minimum absolute atomic E-state index is 0.0651. The largest absolute Gasteiger partial charge is 0.497 e. The van der Waals surface area contributed by atoms with Crippen molar-refractivity contribution in [3.05, 3.63) is 90.0 Å². The molecule has 4 nitrogen and oxygen atoms in total. The highest BCUT2D eigenvalue weighted by Crippen LogP contribution is 2.41. The number of ether oxygens (including phenoxy) is 2. The monoisotopic (exact) mass is 415 g/mol. The Kier molecular flexibility index (Phi) is 6.56. The fourth-order valence-electron chi connectivity index (χ4n) is 4.34. The summed E-state index contributed by atoms with van der Waals surface area (Å²) in [6, 6.07) is 25.6. The van der Waals surface area contributed by atoms with E-state index in [1.54, 1.807) is 7.11 Å². The van der Waals surface area contributed by atoms with Gasteiger partial charge in [-0.15, -0.1) is 0 Å². The third kappa shape index (κ3) is 4.91. The molecular formula is C27H29NO3. The van der Waals surface area contributed by atoms with Crippen LogP contribution in [0.2, 0.25) is 0 Å². The number of benzene rings is 3. The highest BCUT2D eigenvalue weighted by molar-refractivity contribution is 5.99. The Balaban J connectivity index is 1.45. The van der Waals surface area contributed by atoms with Crippen molar-refractivity contribution in [3.63, 3.8) is 0 Å². The minimum Gasteiger partial charge on any atom is -0.497 e. The third-order valence-corrected chi connectivity index (χ3v) is 6.14. The zero-order chi connectivity index (χ0) is 21.5. The normalized spacial score (nSPS) is 15.1. The first-order valence-corrected chi connectivity index (χ1v) is 10.9. The Labute approximate surface area is 184 Å². The van der Waals surface area contributed by atoms with Crippen LogP contribution in [0, 0.1) is 0 Å². The summed E-state index contributed by atoms with van der Waals surface area (Å²) in [5, 5.41) is 3.15. The van der Waals surface area contributed by atoms with Crippen LogP contribution in [0.3, 0.4) is 0 Å². The van der Waals surface area contributed by atoms with Gasteiger partial charge in [-0.25, -0.2) is 0 Å². The summed E-state index contributed by atoms with van der Waals surface area (Å²) >= 11 is 0. The summed E-state index contributed by atoms with van der Waals surface area (Å²) in [6.07, 6.45) is 5.03. The summed E-state index contributed by atoms with van der Waals surface area (Å²) in [6.45, 7) is 0.521. The molecule has 0 saturated heterocycles. The van der Waals surface area contributed by atoms with Crippen LogP contribution >= 0.6 is 0 Å². The van der Waals surface area contributed by atoms with Gasteiger partial charge in [-0.05, 0) is 60.4 Å². The lowest BCUT2D eigenvalue weighted by Crippen LogP contribution is -2.42. The molecule has 31 heavy (non-hydrogen) atoms. The smallest absolute Gasteiger partial charge is 0.235 e. The van der Waals surface area contributed by atoms with Crippen molar-refractivity contribution in [1.29, 1.82) is 0 Å². The first-order chi connectivity index (χ1) is 15.2. The van der Waals surface area contributed by atoms with Crippen LogP contribution in [0.4, 0.5) is 5.69 Å². The molecule has 0 aliphatic heterocycles.